The molecule has 1 aromatic rings. The third-order valence-corrected chi connectivity index (χ3v) is 4.32. The summed E-state index contributed by atoms with van der Waals surface area (Å²) >= 11 is 0. The number of anilines is 1. The van der Waals surface area contributed by atoms with Gasteiger partial charge in [0.05, 0.1) is 6.04 Å². The van der Waals surface area contributed by atoms with Gasteiger partial charge in [-0.3, -0.25) is 9.59 Å². The van der Waals surface area contributed by atoms with Crippen molar-refractivity contribution in [3.63, 3.8) is 0 Å². The first-order chi connectivity index (χ1) is 11.6. The molecule has 7 nitrogen and oxygen atoms in total. The van der Waals surface area contributed by atoms with Crippen LogP contribution in [-0.2, 0) is 9.59 Å². The summed E-state index contributed by atoms with van der Waals surface area (Å²) in [5.74, 6) is -0.544. The number of hydrogen-bond donors (Lipinski definition) is 1. The van der Waals surface area contributed by atoms with Crippen molar-refractivity contribution in [3.8, 4) is 0 Å². The molecule has 1 unspecified atom stereocenters. The Morgan fingerprint density at radius 3 is 2.67 bits per heavy atom. The lowest BCUT2D eigenvalue weighted by molar-refractivity contribution is -0.119. The standard InChI is InChI=1S/C16H19FN4O3/c17-12-2-1-3-14(8-12)21-10-13(9-15(21)23)18-16(24)20-6-4-19(11-22)5-7-20/h1-3,8,11,13H,4-7,9-10H2,(H,18,24). The van der Waals surface area contributed by atoms with Crippen molar-refractivity contribution in [1.82, 2.24) is 15.1 Å². The van der Waals surface area contributed by atoms with Crippen LogP contribution in [0.5, 0.6) is 0 Å². The average molecular weight is 334 g/mol. The van der Waals surface area contributed by atoms with Crippen molar-refractivity contribution < 1.29 is 18.8 Å². The van der Waals surface area contributed by atoms with E-state index in [1.807, 2.05) is 0 Å². The molecule has 8 heteroatoms. The second kappa shape index (κ2) is 6.86. The second-order valence-corrected chi connectivity index (χ2v) is 5.96. The molecule has 0 bridgehead atoms. The van der Waals surface area contributed by atoms with Crippen LogP contribution in [0.3, 0.4) is 0 Å². The van der Waals surface area contributed by atoms with E-state index in [0.29, 0.717) is 38.4 Å². The lowest BCUT2D eigenvalue weighted by atomic mass is 10.2. The first kappa shape index (κ1) is 16.2. The summed E-state index contributed by atoms with van der Waals surface area (Å²) in [6.07, 6.45) is 0.971. The minimum Gasteiger partial charge on any atom is -0.342 e. The highest BCUT2D eigenvalue weighted by atomic mass is 19.1. The number of carbonyl (C=O) groups is 3. The van der Waals surface area contributed by atoms with Gasteiger partial charge in [-0.25, -0.2) is 9.18 Å². The number of rotatable bonds is 3. The van der Waals surface area contributed by atoms with E-state index >= 15 is 0 Å². The molecule has 3 rings (SSSR count). The molecule has 0 spiro atoms. The van der Waals surface area contributed by atoms with Gasteiger partial charge in [0, 0.05) is 44.8 Å². The highest BCUT2D eigenvalue weighted by Gasteiger charge is 2.33. The Morgan fingerprint density at radius 1 is 1.25 bits per heavy atom. The molecule has 2 aliphatic rings. The smallest absolute Gasteiger partial charge is 0.317 e. The molecule has 128 valence electrons. The lowest BCUT2D eigenvalue weighted by Gasteiger charge is -2.33. The first-order valence-corrected chi connectivity index (χ1v) is 7.87. The quantitative estimate of drug-likeness (QED) is 0.814. The Labute approximate surface area is 139 Å². The van der Waals surface area contributed by atoms with Gasteiger partial charge in [0.2, 0.25) is 12.3 Å². The topological polar surface area (TPSA) is 73.0 Å². The van der Waals surface area contributed by atoms with E-state index < -0.39 is 5.82 Å². The molecule has 2 aliphatic heterocycles. The van der Waals surface area contributed by atoms with Gasteiger partial charge < -0.3 is 20.0 Å². The molecular weight excluding hydrogens is 315 g/mol. The Morgan fingerprint density at radius 2 is 2.00 bits per heavy atom. The van der Waals surface area contributed by atoms with Gasteiger partial charge in [-0.05, 0) is 18.2 Å². The summed E-state index contributed by atoms with van der Waals surface area (Å²) in [7, 11) is 0. The SMILES string of the molecule is O=CN1CCN(C(=O)NC2CC(=O)N(c3cccc(F)c3)C2)CC1. The third kappa shape index (κ3) is 3.47. The number of urea groups is 1. The van der Waals surface area contributed by atoms with Crippen LogP contribution in [0, 0.1) is 5.82 Å². The fourth-order valence-corrected chi connectivity index (χ4v) is 2.99. The highest BCUT2D eigenvalue weighted by molar-refractivity contribution is 5.96. The second-order valence-electron chi connectivity index (χ2n) is 5.96. The number of amides is 4. The third-order valence-electron chi connectivity index (χ3n) is 4.32. The molecular formula is C16H19FN4O3. The maximum absolute atomic E-state index is 13.3. The van der Waals surface area contributed by atoms with Crippen molar-refractivity contribution in [3.05, 3.63) is 30.1 Å². The maximum Gasteiger partial charge on any atom is 0.317 e. The van der Waals surface area contributed by atoms with E-state index in [9.17, 15) is 18.8 Å². The molecule has 0 saturated carbocycles. The van der Waals surface area contributed by atoms with E-state index in [1.165, 1.54) is 17.0 Å². The molecule has 1 N–H and O–H groups in total. The van der Waals surface area contributed by atoms with Crippen LogP contribution in [0.2, 0.25) is 0 Å². The number of piperazine rings is 1. The van der Waals surface area contributed by atoms with E-state index in [-0.39, 0.29) is 24.4 Å². The predicted molar refractivity (Wildman–Crippen MR) is 84.9 cm³/mol. The van der Waals surface area contributed by atoms with Gasteiger partial charge in [0.15, 0.2) is 0 Å². The zero-order valence-electron chi connectivity index (χ0n) is 13.2. The Kier molecular flexibility index (Phi) is 4.64. The number of carbonyl (C=O) groups excluding carboxylic acids is 3. The van der Waals surface area contributed by atoms with E-state index in [0.717, 1.165) is 6.41 Å². The lowest BCUT2D eigenvalue weighted by Crippen LogP contribution is -2.53. The van der Waals surface area contributed by atoms with Crippen LogP contribution in [0.4, 0.5) is 14.9 Å². The first-order valence-electron chi connectivity index (χ1n) is 7.87. The fourth-order valence-electron chi connectivity index (χ4n) is 2.99. The maximum atomic E-state index is 13.3. The fraction of sp³-hybridized carbons (Fsp3) is 0.438. The molecule has 0 aliphatic carbocycles. The summed E-state index contributed by atoms with van der Waals surface area (Å²) in [5.41, 5.74) is 0.497. The highest BCUT2D eigenvalue weighted by Crippen LogP contribution is 2.22. The Bertz CT molecular complexity index is 646. The molecule has 1 aromatic carbocycles. The van der Waals surface area contributed by atoms with Crippen LogP contribution in [0.25, 0.3) is 0 Å². The average Bonchev–Trinajstić information content (AvgIpc) is 2.95. The van der Waals surface area contributed by atoms with Crippen LogP contribution in [0.1, 0.15) is 6.42 Å². The minimum atomic E-state index is -0.402. The number of benzene rings is 1. The van der Waals surface area contributed by atoms with E-state index in [4.69, 9.17) is 0 Å². The molecule has 2 heterocycles. The summed E-state index contributed by atoms with van der Waals surface area (Å²) in [4.78, 5) is 39.8. The number of hydrogen-bond acceptors (Lipinski definition) is 3. The number of halogens is 1. The Hall–Kier alpha value is -2.64. The summed E-state index contributed by atoms with van der Waals surface area (Å²) in [6.45, 7) is 2.28. The molecule has 4 amide bonds. The Balaban J connectivity index is 1.56. The normalized spacial score (nSPS) is 21.1. The van der Waals surface area contributed by atoms with E-state index in [1.54, 1.807) is 21.9 Å². The van der Waals surface area contributed by atoms with Crippen molar-refractivity contribution in [1.29, 1.82) is 0 Å². The molecule has 0 aromatic heterocycles. The molecule has 1 atom stereocenters. The van der Waals surface area contributed by atoms with Gasteiger partial charge >= 0.3 is 6.03 Å². The van der Waals surface area contributed by atoms with Gasteiger partial charge in [-0.2, -0.15) is 0 Å². The van der Waals surface area contributed by atoms with E-state index in [2.05, 4.69) is 5.32 Å². The molecule has 2 fully saturated rings. The zero-order valence-corrected chi connectivity index (χ0v) is 13.2. The van der Waals surface area contributed by atoms with Gasteiger partial charge in [0.1, 0.15) is 5.82 Å². The van der Waals surface area contributed by atoms with Crippen molar-refractivity contribution >= 4 is 24.0 Å². The molecule has 0 radical (unpaired) electrons. The summed E-state index contributed by atoms with van der Waals surface area (Å²) in [5, 5.41) is 2.85. The number of nitrogens with zero attached hydrogens (tertiary/aromatic N) is 3. The van der Waals surface area contributed by atoms with Gasteiger partial charge in [-0.15, -0.1) is 0 Å². The van der Waals surface area contributed by atoms with Gasteiger partial charge in [0.25, 0.3) is 0 Å². The molecule has 2 saturated heterocycles. The summed E-state index contributed by atoms with van der Waals surface area (Å²) < 4.78 is 13.3. The van der Waals surface area contributed by atoms with Crippen molar-refractivity contribution in [2.75, 3.05) is 37.6 Å². The van der Waals surface area contributed by atoms with Crippen molar-refractivity contribution in [2.24, 2.45) is 0 Å². The number of nitrogens with one attached hydrogen (secondary N) is 1. The van der Waals surface area contributed by atoms with Gasteiger partial charge in [-0.1, -0.05) is 6.07 Å². The monoisotopic (exact) mass is 334 g/mol. The largest absolute Gasteiger partial charge is 0.342 e. The minimum absolute atomic E-state index is 0.142. The van der Waals surface area contributed by atoms with Crippen LogP contribution < -0.4 is 10.2 Å². The van der Waals surface area contributed by atoms with Crippen LogP contribution >= 0.6 is 0 Å². The summed E-state index contributed by atoms with van der Waals surface area (Å²) in [6, 6.07) is 5.31. The predicted octanol–water partition coefficient (Wildman–Crippen LogP) is 0.415. The van der Waals surface area contributed by atoms with Crippen LogP contribution in [0.15, 0.2) is 24.3 Å². The zero-order chi connectivity index (χ0) is 17.1. The molecule has 24 heavy (non-hydrogen) atoms. The van der Waals surface area contributed by atoms with Crippen LogP contribution in [-0.4, -0.2) is 66.9 Å². The van der Waals surface area contributed by atoms with Crippen molar-refractivity contribution in [2.45, 2.75) is 12.5 Å².